The van der Waals surface area contributed by atoms with E-state index in [0.29, 0.717) is 6.61 Å². The zero-order valence-electron chi connectivity index (χ0n) is 11.6. The van der Waals surface area contributed by atoms with Gasteiger partial charge in [-0.25, -0.2) is 4.39 Å². The van der Waals surface area contributed by atoms with Crippen molar-refractivity contribution in [1.29, 1.82) is 0 Å². The van der Waals surface area contributed by atoms with Crippen LogP contribution < -0.4 is 5.32 Å². The highest BCUT2D eigenvalue weighted by Crippen LogP contribution is 2.21. The molecular weight excluding hydrogens is 229 g/mol. The summed E-state index contributed by atoms with van der Waals surface area (Å²) in [5.74, 6) is -0.135. The Morgan fingerprint density at radius 3 is 2.56 bits per heavy atom. The van der Waals surface area contributed by atoms with Crippen LogP contribution in [0.4, 0.5) is 4.39 Å². The molecule has 0 aromatic heterocycles. The first-order valence-electron chi connectivity index (χ1n) is 6.72. The van der Waals surface area contributed by atoms with E-state index in [9.17, 15) is 4.39 Å². The number of methoxy groups -OCH3 is 1. The highest BCUT2D eigenvalue weighted by molar-refractivity contribution is 5.21. The Labute approximate surface area is 110 Å². The first-order chi connectivity index (χ1) is 8.72. The Hall–Kier alpha value is -0.930. The Morgan fingerprint density at radius 2 is 2.00 bits per heavy atom. The van der Waals surface area contributed by atoms with E-state index in [1.807, 2.05) is 12.1 Å². The van der Waals surface area contributed by atoms with Crippen molar-refractivity contribution in [2.75, 3.05) is 13.7 Å². The van der Waals surface area contributed by atoms with E-state index in [-0.39, 0.29) is 17.9 Å². The molecule has 18 heavy (non-hydrogen) atoms. The van der Waals surface area contributed by atoms with E-state index < -0.39 is 0 Å². The minimum atomic E-state index is -0.135. The maximum absolute atomic E-state index is 13.8. The molecule has 1 N–H and O–H groups in total. The lowest BCUT2D eigenvalue weighted by Gasteiger charge is -2.25. The Morgan fingerprint density at radius 1 is 1.28 bits per heavy atom. The molecule has 1 rings (SSSR count). The Bertz CT molecular complexity index is 337. The van der Waals surface area contributed by atoms with Gasteiger partial charge in [-0.2, -0.15) is 0 Å². The highest BCUT2D eigenvalue weighted by Gasteiger charge is 2.17. The van der Waals surface area contributed by atoms with Crippen LogP contribution in [-0.4, -0.2) is 19.8 Å². The third-order valence-electron chi connectivity index (χ3n) is 3.13. The van der Waals surface area contributed by atoms with Crippen molar-refractivity contribution in [1.82, 2.24) is 5.32 Å². The predicted octanol–water partition coefficient (Wildman–Crippen LogP) is 3.68. The van der Waals surface area contributed by atoms with Crippen molar-refractivity contribution in [3.63, 3.8) is 0 Å². The fourth-order valence-corrected chi connectivity index (χ4v) is 2.23. The number of halogens is 1. The summed E-state index contributed by atoms with van der Waals surface area (Å²) in [6, 6.07) is 7.32. The van der Waals surface area contributed by atoms with E-state index in [1.54, 1.807) is 13.2 Å². The van der Waals surface area contributed by atoms with Crippen molar-refractivity contribution in [2.45, 2.75) is 45.2 Å². The van der Waals surface area contributed by atoms with E-state index in [1.165, 1.54) is 6.07 Å². The third-order valence-corrected chi connectivity index (χ3v) is 3.13. The number of rotatable bonds is 8. The molecule has 1 aromatic carbocycles. The lowest BCUT2D eigenvalue weighted by atomic mass is 10.0. The summed E-state index contributed by atoms with van der Waals surface area (Å²) in [5.41, 5.74) is 0.747. The van der Waals surface area contributed by atoms with Gasteiger partial charge >= 0.3 is 0 Å². The van der Waals surface area contributed by atoms with Gasteiger partial charge in [-0.05, 0) is 18.9 Å². The largest absolute Gasteiger partial charge is 0.383 e. The minimum Gasteiger partial charge on any atom is -0.383 e. The van der Waals surface area contributed by atoms with Crippen LogP contribution in [0.15, 0.2) is 24.3 Å². The van der Waals surface area contributed by atoms with E-state index in [4.69, 9.17) is 4.74 Å². The van der Waals surface area contributed by atoms with Crippen molar-refractivity contribution in [2.24, 2.45) is 0 Å². The first-order valence-corrected chi connectivity index (χ1v) is 6.72. The van der Waals surface area contributed by atoms with E-state index >= 15 is 0 Å². The van der Waals surface area contributed by atoms with Crippen LogP contribution in [0.2, 0.25) is 0 Å². The molecule has 0 aliphatic rings. The zero-order chi connectivity index (χ0) is 13.4. The third kappa shape index (κ3) is 4.39. The number of nitrogens with one attached hydrogen (secondary N) is 1. The molecular formula is C15H24FNO. The normalized spacial score (nSPS) is 14.4. The zero-order valence-corrected chi connectivity index (χ0v) is 11.6. The number of hydrogen-bond acceptors (Lipinski definition) is 2. The van der Waals surface area contributed by atoms with Gasteiger partial charge in [-0.3, -0.25) is 0 Å². The van der Waals surface area contributed by atoms with Gasteiger partial charge in [0.15, 0.2) is 0 Å². The fourth-order valence-electron chi connectivity index (χ4n) is 2.23. The quantitative estimate of drug-likeness (QED) is 0.763. The topological polar surface area (TPSA) is 21.3 Å². The smallest absolute Gasteiger partial charge is 0.127 e. The van der Waals surface area contributed by atoms with Crippen LogP contribution >= 0.6 is 0 Å². The van der Waals surface area contributed by atoms with Gasteiger partial charge < -0.3 is 10.1 Å². The molecule has 3 heteroatoms. The summed E-state index contributed by atoms with van der Waals surface area (Å²) in [5, 5.41) is 3.50. The van der Waals surface area contributed by atoms with Crippen molar-refractivity contribution < 1.29 is 9.13 Å². The average Bonchev–Trinajstić information content (AvgIpc) is 2.37. The number of hydrogen-bond donors (Lipinski definition) is 1. The number of benzene rings is 1. The standard InChI is InChI=1S/C15H24FNO/c1-4-8-12(11-18-3)17-15(5-2)13-9-6-7-10-14(13)16/h6-7,9-10,12,15,17H,4-5,8,11H2,1-3H3. The van der Waals surface area contributed by atoms with Crippen LogP contribution in [-0.2, 0) is 4.74 Å². The van der Waals surface area contributed by atoms with E-state index in [0.717, 1.165) is 24.8 Å². The molecule has 102 valence electrons. The van der Waals surface area contributed by atoms with Crippen molar-refractivity contribution in [3.8, 4) is 0 Å². The summed E-state index contributed by atoms with van der Waals surface area (Å²) < 4.78 is 19.0. The molecule has 0 fully saturated rings. The lowest BCUT2D eigenvalue weighted by molar-refractivity contribution is 0.155. The van der Waals surface area contributed by atoms with Crippen molar-refractivity contribution >= 4 is 0 Å². The first kappa shape index (κ1) is 15.1. The summed E-state index contributed by atoms with van der Waals surface area (Å²) >= 11 is 0. The van der Waals surface area contributed by atoms with Gasteiger partial charge in [0.25, 0.3) is 0 Å². The highest BCUT2D eigenvalue weighted by atomic mass is 19.1. The van der Waals surface area contributed by atoms with Crippen molar-refractivity contribution in [3.05, 3.63) is 35.6 Å². The number of ether oxygens (including phenoxy) is 1. The molecule has 2 atom stereocenters. The van der Waals surface area contributed by atoms with Gasteiger partial charge in [-0.15, -0.1) is 0 Å². The molecule has 0 aliphatic heterocycles. The van der Waals surface area contributed by atoms with Crippen LogP contribution in [0.25, 0.3) is 0 Å². The lowest BCUT2D eigenvalue weighted by Crippen LogP contribution is -2.36. The molecule has 0 saturated heterocycles. The maximum Gasteiger partial charge on any atom is 0.127 e. The molecule has 0 bridgehead atoms. The monoisotopic (exact) mass is 253 g/mol. The second-order valence-electron chi connectivity index (χ2n) is 4.59. The van der Waals surface area contributed by atoms with Crippen LogP contribution in [0, 0.1) is 5.82 Å². The van der Waals surface area contributed by atoms with Crippen LogP contribution in [0.3, 0.4) is 0 Å². The second-order valence-corrected chi connectivity index (χ2v) is 4.59. The molecule has 0 aliphatic carbocycles. The second kappa shape index (κ2) is 8.22. The Kier molecular flexibility index (Phi) is 6.91. The molecule has 1 aromatic rings. The van der Waals surface area contributed by atoms with Crippen LogP contribution in [0.1, 0.15) is 44.7 Å². The summed E-state index contributed by atoms with van der Waals surface area (Å²) in [6.07, 6.45) is 3.00. The van der Waals surface area contributed by atoms with Gasteiger partial charge in [0.2, 0.25) is 0 Å². The van der Waals surface area contributed by atoms with E-state index in [2.05, 4.69) is 19.2 Å². The average molecular weight is 253 g/mol. The van der Waals surface area contributed by atoms with Gasteiger partial charge in [0.1, 0.15) is 5.82 Å². The summed E-state index contributed by atoms with van der Waals surface area (Å²) in [7, 11) is 1.70. The molecule has 0 saturated carbocycles. The molecule has 0 radical (unpaired) electrons. The molecule has 2 nitrogen and oxygen atoms in total. The maximum atomic E-state index is 13.8. The molecule has 2 unspecified atom stereocenters. The van der Waals surface area contributed by atoms with Gasteiger partial charge in [0.05, 0.1) is 6.61 Å². The molecule has 0 spiro atoms. The fraction of sp³-hybridized carbons (Fsp3) is 0.600. The molecule has 0 amide bonds. The Balaban J connectivity index is 2.73. The van der Waals surface area contributed by atoms with Gasteiger partial charge in [-0.1, -0.05) is 38.5 Å². The molecule has 0 heterocycles. The predicted molar refractivity (Wildman–Crippen MR) is 73.1 cm³/mol. The minimum absolute atomic E-state index is 0.0536. The SMILES string of the molecule is CCCC(COC)NC(CC)c1ccccc1F. The van der Waals surface area contributed by atoms with Gasteiger partial charge in [0, 0.05) is 24.8 Å². The summed E-state index contributed by atoms with van der Waals surface area (Å²) in [4.78, 5) is 0. The summed E-state index contributed by atoms with van der Waals surface area (Å²) in [6.45, 7) is 4.88. The van der Waals surface area contributed by atoms with Crippen LogP contribution in [0.5, 0.6) is 0 Å².